The van der Waals surface area contributed by atoms with Crippen molar-refractivity contribution in [3.8, 4) is 5.88 Å². The first-order valence-corrected chi connectivity index (χ1v) is 6.16. The summed E-state index contributed by atoms with van der Waals surface area (Å²) in [5, 5.41) is 6.40. The van der Waals surface area contributed by atoms with E-state index in [1.54, 1.807) is 6.92 Å². The number of hydrogen-bond acceptors (Lipinski definition) is 5. The molecule has 2 aromatic rings. The van der Waals surface area contributed by atoms with Gasteiger partial charge in [0.05, 0.1) is 11.9 Å². The standard InChI is InChI=1S/C12H12F3N5O2/c1-8(20-7-16-6-18-20)11(21)19-9-2-3-10(17-4-9)22-5-12(13,14)15/h2-4,6-8H,5H2,1H3,(H,19,21)/t8-/m1/s1. The second kappa shape index (κ2) is 6.41. The molecule has 0 spiro atoms. The highest BCUT2D eigenvalue weighted by atomic mass is 19.4. The first-order valence-electron chi connectivity index (χ1n) is 6.16. The molecule has 2 aromatic heterocycles. The molecular formula is C12H12F3N5O2. The maximum absolute atomic E-state index is 12.0. The predicted octanol–water partition coefficient (Wildman–Crippen LogP) is 1.81. The van der Waals surface area contributed by atoms with Crippen LogP contribution in [-0.2, 0) is 4.79 Å². The zero-order valence-corrected chi connectivity index (χ0v) is 11.4. The number of anilines is 1. The Morgan fingerprint density at radius 1 is 1.45 bits per heavy atom. The highest BCUT2D eigenvalue weighted by Crippen LogP contribution is 2.18. The second-order valence-corrected chi connectivity index (χ2v) is 4.33. The zero-order chi connectivity index (χ0) is 16.2. The number of halogens is 3. The van der Waals surface area contributed by atoms with Crippen molar-refractivity contribution in [2.75, 3.05) is 11.9 Å². The van der Waals surface area contributed by atoms with Crippen molar-refractivity contribution in [2.45, 2.75) is 19.1 Å². The average molecular weight is 315 g/mol. The monoisotopic (exact) mass is 315 g/mol. The number of carbonyl (C=O) groups is 1. The minimum Gasteiger partial charge on any atom is -0.468 e. The van der Waals surface area contributed by atoms with Crippen molar-refractivity contribution < 1.29 is 22.7 Å². The molecule has 0 fully saturated rings. The number of aromatic nitrogens is 4. The molecule has 1 atom stereocenters. The summed E-state index contributed by atoms with van der Waals surface area (Å²) in [6.07, 6.45) is -0.520. The number of carbonyl (C=O) groups excluding carboxylic acids is 1. The van der Waals surface area contributed by atoms with Gasteiger partial charge in [0.2, 0.25) is 11.8 Å². The number of ether oxygens (including phenoxy) is 1. The van der Waals surface area contributed by atoms with Crippen LogP contribution in [0.25, 0.3) is 0 Å². The van der Waals surface area contributed by atoms with Crippen LogP contribution in [0.2, 0.25) is 0 Å². The van der Waals surface area contributed by atoms with E-state index in [-0.39, 0.29) is 11.8 Å². The summed E-state index contributed by atoms with van der Waals surface area (Å²) in [6.45, 7) is 0.202. The van der Waals surface area contributed by atoms with Crippen molar-refractivity contribution in [3.05, 3.63) is 31.0 Å². The van der Waals surface area contributed by atoms with Gasteiger partial charge in [-0.25, -0.2) is 14.6 Å². The quantitative estimate of drug-likeness (QED) is 0.910. The summed E-state index contributed by atoms with van der Waals surface area (Å²) in [5.74, 6) is -0.545. The van der Waals surface area contributed by atoms with Gasteiger partial charge in [0.15, 0.2) is 6.61 Å². The van der Waals surface area contributed by atoms with Crippen molar-refractivity contribution in [1.29, 1.82) is 0 Å². The number of nitrogens with one attached hydrogen (secondary N) is 1. The smallest absolute Gasteiger partial charge is 0.422 e. The van der Waals surface area contributed by atoms with E-state index in [0.29, 0.717) is 5.69 Å². The van der Waals surface area contributed by atoms with Gasteiger partial charge in [0.1, 0.15) is 18.7 Å². The summed E-state index contributed by atoms with van der Waals surface area (Å²) in [4.78, 5) is 19.4. The maximum Gasteiger partial charge on any atom is 0.422 e. The van der Waals surface area contributed by atoms with Gasteiger partial charge in [-0.05, 0) is 13.0 Å². The van der Waals surface area contributed by atoms with Crippen molar-refractivity contribution in [3.63, 3.8) is 0 Å². The Balaban J connectivity index is 1.92. The van der Waals surface area contributed by atoms with Gasteiger partial charge in [-0.2, -0.15) is 18.3 Å². The fourth-order valence-electron chi connectivity index (χ4n) is 1.48. The maximum atomic E-state index is 12.0. The van der Waals surface area contributed by atoms with E-state index < -0.39 is 18.8 Å². The van der Waals surface area contributed by atoms with Crippen LogP contribution in [0.4, 0.5) is 18.9 Å². The number of alkyl halides is 3. The zero-order valence-electron chi connectivity index (χ0n) is 11.4. The largest absolute Gasteiger partial charge is 0.468 e. The van der Waals surface area contributed by atoms with Crippen LogP contribution in [0, 0.1) is 0 Å². The molecule has 0 saturated heterocycles. The fourth-order valence-corrected chi connectivity index (χ4v) is 1.48. The van der Waals surface area contributed by atoms with Gasteiger partial charge in [0, 0.05) is 6.07 Å². The molecule has 7 nitrogen and oxygen atoms in total. The molecule has 0 aliphatic heterocycles. The summed E-state index contributed by atoms with van der Waals surface area (Å²) >= 11 is 0. The molecule has 0 radical (unpaired) electrons. The Labute approximate surface area is 123 Å². The number of nitrogens with zero attached hydrogens (tertiary/aromatic N) is 4. The first-order chi connectivity index (χ1) is 10.3. The Kier molecular flexibility index (Phi) is 4.59. The van der Waals surface area contributed by atoms with E-state index in [2.05, 4.69) is 25.1 Å². The van der Waals surface area contributed by atoms with Gasteiger partial charge in [-0.3, -0.25) is 4.79 Å². The summed E-state index contributed by atoms with van der Waals surface area (Å²) in [5.41, 5.74) is 0.330. The normalized spacial score (nSPS) is 12.7. The molecule has 0 unspecified atom stereocenters. The molecule has 1 amide bonds. The predicted molar refractivity (Wildman–Crippen MR) is 69.1 cm³/mol. The lowest BCUT2D eigenvalue weighted by molar-refractivity contribution is -0.154. The number of amides is 1. The van der Waals surface area contributed by atoms with E-state index in [1.807, 2.05) is 0 Å². The summed E-state index contributed by atoms with van der Waals surface area (Å²) in [6, 6.07) is 2.04. The Morgan fingerprint density at radius 3 is 2.77 bits per heavy atom. The van der Waals surface area contributed by atoms with E-state index in [4.69, 9.17) is 0 Å². The van der Waals surface area contributed by atoms with Gasteiger partial charge in [0.25, 0.3) is 0 Å². The summed E-state index contributed by atoms with van der Waals surface area (Å²) in [7, 11) is 0. The van der Waals surface area contributed by atoms with Crippen molar-refractivity contribution >= 4 is 11.6 Å². The van der Waals surface area contributed by atoms with Crippen molar-refractivity contribution in [2.24, 2.45) is 0 Å². The highest BCUT2D eigenvalue weighted by Gasteiger charge is 2.28. The van der Waals surface area contributed by atoms with Crippen molar-refractivity contribution in [1.82, 2.24) is 19.7 Å². The first kappa shape index (κ1) is 15.7. The molecule has 0 aliphatic rings. The lowest BCUT2D eigenvalue weighted by Gasteiger charge is -2.12. The minimum absolute atomic E-state index is 0.181. The SMILES string of the molecule is C[C@H](C(=O)Nc1ccc(OCC(F)(F)F)nc1)n1cncn1. The van der Waals surface area contributed by atoms with Crippen LogP contribution < -0.4 is 10.1 Å². The molecule has 0 saturated carbocycles. The Morgan fingerprint density at radius 2 is 2.23 bits per heavy atom. The molecule has 22 heavy (non-hydrogen) atoms. The third-order valence-electron chi connectivity index (χ3n) is 2.60. The van der Waals surface area contributed by atoms with Crippen LogP contribution in [0.15, 0.2) is 31.0 Å². The number of rotatable bonds is 5. The van der Waals surface area contributed by atoms with E-state index in [9.17, 15) is 18.0 Å². The molecule has 2 rings (SSSR count). The molecule has 1 N–H and O–H groups in total. The molecule has 0 aliphatic carbocycles. The Bertz CT molecular complexity index is 613. The molecule has 118 valence electrons. The average Bonchev–Trinajstić information content (AvgIpc) is 2.99. The van der Waals surface area contributed by atoms with Crippen LogP contribution in [0.1, 0.15) is 13.0 Å². The number of hydrogen-bond donors (Lipinski definition) is 1. The van der Waals surface area contributed by atoms with E-state index >= 15 is 0 Å². The van der Waals surface area contributed by atoms with Gasteiger partial charge >= 0.3 is 6.18 Å². The van der Waals surface area contributed by atoms with E-state index in [1.165, 1.54) is 35.7 Å². The van der Waals surface area contributed by atoms with E-state index in [0.717, 1.165) is 0 Å². The molecule has 10 heteroatoms. The highest BCUT2D eigenvalue weighted by molar-refractivity contribution is 5.93. The lowest BCUT2D eigenvalue weighted by Crippen LogP contribution is -2.24. The Hall–Kier alpha value is -2.65. The lowest BCUT2D eigenvalue weighted by atomic mass is 10.3. The fraction of sp³-hybridized carbons (Fsp3) is 0.333. The van der Waals surface area contributed by atoms with Gasteiger partial charge in [-0.1, -0.05) is 0 Å². The molecule has 0 aromatic carbocycles. The van der Waals surface area contributed by atoms with Crippen LogP contribution in [0.3, 0.4) is 0 Å². The van der Waals surface area contributed by atoms with Crippen LogP contribution in [0.5, 0.6) is 5.88 Å². The molecular weight excluding hydrogens is 303 g/mol. The van der Waals surface area contributed by atoms with Crippen LogP contribution in [-0.4, -0.2) is 38.4 Å². The van der Waals surface area contributed by atoms with Crippen LogP contribution >= 0.6 is 0 Å². The topological polar surface area (TPSA) is 81.9 Å². The summed E-state index contributed by atoms with van der Waals surface area (Å²) < 4.78 is 41.8. The third kappa shape index (κ3) is 4.43. The molecule has 0 bridgehead atoms. The number of pyridine rings is 1. The van der Waals surface area contributed by atoms with Gasteiger partial charge < -0.3 is 10.1 Å². The third-order valence-corrected chi connectivity index (χ3v) is 2.60. The second-order valence-electron chi connectivity index (χ2n) is 4.33. The molecule has 2 heterocycles. The minimum atomic E-state index is -4.43. The van der Waals surface area contributed by atoms with Gasteiger partial charge in [-0.15, -0.1) is 0 Å².